The molecule has 1 heteroatoms. The fourth-order valence-electron chi connectivity index (χ4n) is 0.824. The SMILES string of the molecule is C=Cc1ccc(C)[n+](C)c1. The average Bonchev–Trinajstić information content (AvgIpc) is 1.95. The molecule has 52 valence electrons. The topological polar surface area (TPSA) is 3.88 Å². The number of hydrogen-bond donors (Lipinski definition) is 0. The minimum atomic E-state index is 1.16. The molecular formula is C9H12N+. The average molecular weight is 134 g/mol. The van der Waals surface area contributed by atoms with Gasteiger partial charge in [-0.25, -0.2) is 4.57 Å². The number of hydrogen-bond acceptors (Lipinski definition) is 0. The van der Waals surface area contributed by atoms with Gasteiger partial charge in [0.05, 0.1) is 0 Å². The molecule has 1 rings (SSSR count). The van der Waals surface area contributed by atoms with E-state index in [0.717, 1.165) is 5.56 Å². The lowest BCUT2D eigenvalue weighted by molar-refractivity contribution is -0.677. The van der Waals surface area contributed by atoms with E-state index in [9.17, 15) is 0 Å². The van der Waals surface area contributed by atoms with Crippen molar-refractivity contribution in [1.29, 1.82) is 0 Å². The molecule has 1 heterocycles. The molecule has 10 heavy (non-hydrogen) atoms. The fraction of sp³-hybridized carbons (Fsp3) is 0.222. The lowest BCUT2D eigenvalue weighted by Gasteiger charge is -1.93. The van der Waals surface area contributed by atoms with Crippen LogP contribution in [0.3, 0.4) is 0 Å². The summed E-state index contributed by atoms with van der Waals surface area (Å²) in [6.07, 6.45) is 3.90. The Labute approximate surface area is 61.6 Å². The normalized spacial score (nSPS) is 9.40. The maximum Gasteiger partial charge on any atom is 0.177 e. The molecule has 0 N–H and O–H groups in total. The molecule has 0 aliphatic carbocycles. The van der Waals surface area contributed by atoms with Crippen LogP contribution in [0.1, 0.15) is 11.3 Å². The highest BCUT2D eigenvalue weighted by Crippen LogP contribution is 1.97. The van der Waals surface area contributed by atoms with Crippen LogP contribution in [0.2, 0.25) is 0 Å². The molecular weight excluding hydrogens is 122 g/mol. The third-order valence-electron chi connectivity index (χ3n) is 1.65. The summed E-state index contributed by atoms with van der Waals surface area (Å²) < 4.78 is 2.08. The van der Waals surface area contributed by atoms with Crippen molar-refractivity contribution in [1.82, 2.24) is 0 Å². The summed E-state index contributed by atoms with van der Waals surface area (Å²) in [7, 11) is 2.03. The van der Waals surface area contributed by atoms with Gasteiger partial charge in [-0.15, -0.1) is 0 Å². The molecule has 0 aliphatic rings. The zero-order chi connectivity index (χ0) is 7.56. The van der Waals surface area contributed by atoms with Crippen LogP contribution in [0.15, 0.2) is 24.9 Å². The molecule has 0 aliphatic heterocycles. The lowest BCUT2D eigenvalue weighted by Crippen LogP contribution is -2.31. The molecule has 0 aromatic carbocycles. The van der Waals surface area contributed by atoms with Gasteiger partial charge in [0.25, 0.3) is 0 Å². The zero-order valence-corrected chi connectivity index (χ0v) is 6.46. The zero-order valence-electron chi connectivity index (χ0n) is 6.46. The predicted molar refractivity (Wildman–Crippen MR) is 42.4 cm³/mol. The van der Waals surface area contributed by atoms with Crippen molar-refractivity contribution in [2.45, 2.75) is 6.92 Å². The summed E-state index contributed by atoms with van der Waals surface area (Å²) in [6.45, 7) is 5.76. The molecule has 0 amide bonds. The Morgan fingerprint density at radius 2 is 2.20 bits per heavy atom. The van der Waals surface area contributed by atoms with Crippen molar-refractivity contribution in [3.63, 3.8) is 0 Å². The van der Waals surface area contributed by atoms with Gasteiger partial charge in [0.1, 0.15) is 7.05 Å². The van der Waals surface area contributed by atoms with Crippen LogP contribution in [0.25, 0.3) is 6.08 Å². The van der Waals surface area contributed by atoms with E-state index in [1.54, 1.807) is 0 Å². The minimum Gasteiger partial charge on any atom is -0.205 e. The number of nitrogens with zero attached hydrogens (tertiary/aromatic N) is 1. The number of aromatic nitrogens is 1. The maximum absolute atomic E-state index is 3.69. The highest BCUT2D eigenvalue weighted by atomic mass is 14.9. The summed E-state index contributed by atoms with van der Waals surface area (Å²) in [5.74, 6) is 0. The fourth-order valence-corrected chi connectivity index (χ4v) is 0.824. The largest absolute Gasteiger partial charge is 0.205 e. The third-order valence-corrected chi connectivity index (χ3v) is 1.65. The highest BCUT2D eigenvalue weighted by Gasteiger charge is 1.97. The van der Waals surface area contributed by atoms with Gasteiger partial charge in [0.2, 0.25) is 0 Å². The second-order valence-electron chi connectivity index (χ2n) is 2.42. The first kappa shape index (κ1) is 7.00. The molecule has 1 aromatic heterocycles. The van der Waals surface area contributed by atoms with Crippen molar-refractivity contribution >= 4 is 6.08 Å². The van der Waals surface area contributed by atoms with Gasteiger partial charge in [-0.3, -0.25) is 0 Å². The van der Waals surface area contributed by atoms with E-state index < -0.39 is 0 Å². The van der Waals surface area contributed by atoms with Crippen molar-refractivity contribution < 1.29 is 4.57 Å². The van der Waals surface area contributed by atoms with Crippen LogP contribution in [-0.4, -0.2) is 0 Å². The van der Waals surface area contributed by atoms with Crippen LogP contribution in [0.5, 0.6) is 0 Å². The third kappa shape index (κ3) is 1.24. The summed E-state index contributed by atoms with van der Waals surface area (Å²) in [5, 5.41) is 0. The molecule has 0 saturated carbocycles. The summed E-state index contributed by atoms with van der Waals surface area (Å²) in [4.78, 5) is 0. The Bertz CT molecular complexity index is 251. The quantitative estimate of drug-likeness (QED) is 0.512. The molecule has 0 spiro atoms. The highest BCUT2D eigenvalue weighted by molar-refractivity contribution is 5.43. The van der Waals surface area contributed by atoms with E-state index in [2.05, 4.69) is 36.4 Å². The summed E-state index contributed by atoms with van der Waals surface area (Å²) in [5.41, 5.74) is 2.42. The molecule has 0 radical (unpaired) electrons. The van der Waals surface area contributed by atoms with Crippen LogP contribution >= 0.6 is 0 Å². The molecule has 0 unspecified atom stereocenters. The second kappa shape index (κ2) is 2.65. The maximum atomic E-state index is 3.69. The lowest BCUT2D eigenvalue weighted by atomic mass is 10.2. The Hall–Kier alpha value is -1.11. The monoisotopic (exact) mass is 134 g/mol. The summed E-state index contributed by atoms with van der Waals surface area (Å²) in [6, 6.07) is 4.14. The smallest absolute Gasteiger partial charge is 0.177 e. The van der Waals surface area contributed by atoms with Gasteiger partial charge in [-0.2, -0.15) is 0 Å². The molecule has 0 saturated heterocycles. The Morgan fingerprint density at radius 1 is 1.50 bits per heavy atom. The predicted octanol–water partition coefficient (Wildman–Crippen LogP) is 1.46. The first-order valence-electron chi connectivity index (χ1n) is 3.33. The first-order chi connectivity index (χ1) is 4.74. The van der Waals surface area contributed by atoms with Crippen LogP contribution in [-0.2, 0) is 7.05 Å². The number of aryl methyl sites for hydroxylation is 2. The molecule has 0 bridgehead atoms. The standard InChI is InChI=1S/C9H12N/c1-4-9-6-5-8(2)10(3)7-9/h4-7H,1H2,2-3H3/q+1. The second-order valence-corrected chi connectivity index (χ2v) is 2.42. The van der Waals surface area contributed by atoms with Gasteiger partial charge in [-0.1, -0.05) is 12.7 Å². The van der Waals surface area contributed by atoms with Crippen LogP contribution in [0.4, 0.5) is 0 Å². The molecule has 0 fully saturated rings. The number of rotatable bonds is 1. The first-order valence-corrected chi connectivity index (χ1v) is 3.33. The Balaban J connectivity index is 3.16. The van der Waals surface area contributed by atoms with Crippen molar-refractivity contribution in [2.24, 2.45) is 7.05 Å². The van der Waals surface area contributed by atoms with Gasteiger partial charge in [0, 0.05) is 18.6 Å². The molecule has 1 aromatic rings. The number of pyridine rings is 1. The van der Waals surface area contributed by atoms with E-state index in [0.29, 0.717) is 0 Å². The van der Waals surface area contributed by atoms with E-state index in [4.69, 9.17) is 0 Å². The van der Waals surface area contributed by atoms with Gasteiger partial charge in [0.15, 0.2) is 11.9 Å². The van der Waals surface area contributed by atoms with Gasteiger partial charge in [-0.05, 0) is 6.07 Å². The molecule has 1 nitrogen and oxygen atoms in total. The van der Waals surface area contributed by atoms with E-state index >= 15 is 0 Å². The van der Waals surface area contributed by atoms with Crippen molar-refractivity contribution in [3.8, 4) is 0 Å². The van der Waals surface area contributed by atoms with Gasteiger partial charge < -0.3 is 0 Å². The van der Waals surface area contributed by atoms with Crippen molar-refractivity contribution in [2.75, 3.05) is 0 Å². The minimum absolute atomic E-state index is 1.16. The van der Waals surface area contributed by atoms with E-state index in [1.165, 1.54) is 5.69 Å². The Kier molecular flexibility index (Phi) is 1.86. The summed E-state index contributed by atoms with van der Waals surface area (Å²) >= 11 is 0. The van der Waals surface area contributed by atoms with Crippen molar-refractivity contribution in [3.05, 3.63) is 36.2 Å². The van der Waals surface area contributed by atoms with E-state index in [1.807, 2.05) is 13.1 Å². The Morgan fingerprint density at radius 3 is 2.70 bits per heavy atom. The van der Waals surface area contributed by atoms with Gasteiger partial charge >= 0.3 is 0 Å². The molecule has 0 atom stereocenters. The van der Waals surface area contributed by atoms with E-state index in [-0.39, 0.29) is 0 Å². The van der Waals surface area contributed by atoms with Crippen LogP contribution in [0, 0.1) is 6.92 Å². The van der Waals surface area contributed by atoms with Crippen LogP contribution < -0.4 is 4.57 Å².